The van der Waals surface area contributed by atoms with Crippen molar-refractivity contribution in [1.82, 2.24) is 5.06 Å². The lowest BCUT2D eigenvalue weighted by atomic mass is 9.84. The lowest BCUT2D eigenvalue weighted by Crippen LogP contribution is -2.38. The Labute approximate surface area is 128 Å². The van der Waals surface area contributed by atoms with Crippen molar-refractivity contribution in [3.8, 4) is 11.8 Å². The Kier molecular flexibility index (Phi) is 5.87. The van der Waals surface area contributed by atoms with E-state index >= 15 is 0 Å². The van der Waals surface area contributed by atoms with Crippen molar-refractivity contribution in [1.29, 1.82) is 0 Å². The molecular formula is C17H20F3NO. The summed E-state index contributed by atoms with van der Waals surface area (Å²) in [5.41, 5.74) is 0.847. The molecular weight excluding hydrogens is 291 g/mol. The first kappa shape index (κ1) is 16.9. The van der Waals surface area contributed by atoms with Gasteiger partial charge in [-0.1, -0.05) is 55.5 Å². The van der Waals surface area contributed by atoms with Crippen molar-refractivity contribution < 1.29 is 18.4 Å². The molecule has 1 aliphatic carbocycles. The third kappa shape index (κ3) is 5.36. The van der Waals surface area contributed by atoms with Gasteiger partial charge >= 0.3 is 6.18 Å². The zero-order valence-electron chi connectivity index (χ0n) is 12.3. The first-order chi connectivity index (χ1) is 10.5. The zero-order chi connectivity index (χ0) is 16.0. The predicted octanol–water partition coefficient (Wildman–Crippen LogP) is 4.39. The summed E-state index contributed by atoms with van der Waals surface area (Å²) in [5.74, 6) is 3.57. The van der Waals surface area contributed by atoms with E-state index in [1.165, 1.54) is 5.92 Å². The Balaban J connectivity index is 2.12. The molecule has 1 aliphatic rings. The van der Waals surface area contributed by atoms with E-state index in [1.54, 1.807) is 0 Å². The average Bonchev–Trinajstić information content (AvgIpc) is 2.48. The third-order valence-corrected chi connectivity index (χ3v) is 3.97. The largest absolute Gasteiger partial charge is 0.457 e. The first-order valence-corrected chi connectivity index (χ1v) is 7.54. The summed E-state index contributed by atoms with van der Waals surface area (Å²) in [4.78, 5) is 0. The van der Waals surface area contributed by atoms with Gasteiger partial charge in [0.2, 0.25) is 0 Å². The lowest BCUT2D eigenvalue weighted by Gasteiger charge is -2.32. The molecule has 1 saturated carbocycles. The fourth-order valence-electron chi connectivity index (χ4n) is 2.91. The molecule has 0 aliphatic heterocycles. The second-order valence-corrected chi connectivity index (χ2v) is 5.69. The summed E-state index contributed by atoms with van der Waals surface area (Å²) in [6, 6.07) is 8.41. The molecule has 0 saturated heterocycles. The van der Waals surface area contributed by atoms with Crippen LogP contribution in [0.1, 0.15) is 37.7 Å². The van der Waals surface area contributed by atoms with Crippen LogP contribution in [-0.4, -0.2) is 22.5 Å². The first-order valence-electron chi connectivity index (χ1n) is 7.54. The lowest BCUT2D eigenvalue weighted by molar-refractivity contribution is -0.136. The van der Waals surface area contributed by atoms with Gasteiger partial charge in [0.25, 0.3) is 0 Å². The van der Waals surface area contributed by atoms with Gasteiger partial charge in [0, 0.05) is 5.92 Å². The smallest absolute Gasteiger partial charge is 0.312 e. The second-order valence-electron chi connectivity index (χ2n) is 5.69. The van der Waals surface area contributed by atoms with Gasteiger partial charge < -0.3 is 5.21 Å². The maximum atomic E-state index is 12.4. The van der Waals surface area contributed by atoms with Crippen LogP contribution < -0.4 is 0 Å². The van der Waals surface area contributed by atoms with Gasteiger partial charge in [-0.3, -0.25) is 0 Å². The van der Waals surface area contributed by atoms with Crippen molar-refractivity contribution in [2.45, 2.75) is 50.9 Å². The van der Waals surface area contributed by atoms with Gasteiger partial charge in [0.15, 0.2) is 0 Å². The van der Waals surface area contributed by atoms with Crippen molar-refractivity contribution in [3.63, 3.8) is 0 Å². The molecule has 0 heterocycles. The number of hydrogen-bond acceptors (Lipinski definition) is 2. The van der Waals surface area contributed by atoms with Crippen LogP contribution in [-0.2, 0) is 6.54 Å². The number of nitrogens with zero attached hydrogens (tertiary/aromatic N) is 1. The van der Waals surface area contributed by atoms with Crippen molar-refractivity contribution in [3.05, 3.63) is 35.9 Å². The molecule has 120 valence electrons. The normalized spacial score (nSPS) is 17.9. The molecule has 22 heavy (non-hydrogen) atoms. The summed E-state index contributed by atoms with van der Waals surface area (Å²) in [5, 5.41) is 11.2. The number of benzene rings is 1. The van der Waals surface area contributed by atoms with Gasteiger partial charge in [-0.2, -0.15) is 18.2 Å². The summed E-state index contributed by atoms with van der Waals surface area (Å²) in [7, 11) is 0. The van der Waals surface area contributed by atoms with Gasteiger partial charge in [0.05, 0.1) is 12.6 Å². The van der Waals surface area contributed by atoms with Crippen LogP contribution >= 0.6 is 0 Å². The summed E-state index contributed by atoms with van der Waals surface area (Å²) in [6.45, 7) is 0.175. The Morgan fingerprint density at radius 1 is 1.14 bits per heavy atom. The highest BCUT2D eigenvalue weighted by Crippen LogP contribution is 2.29. The van der Waals surface area contributed by atoms with E-state index < -0.39 is 12.2 Å². The molecule has 1 unspecified atom stereocenters. The maximum absolute atomic E-state index is 12.4. The predicted molar refractivity (Wildman–Crippen MR) is 78.0 cm³/mol. The molecule has 1 atom stereocenters. The highest BCUT2D eigenvalue weighted by molar-refractivity contribution is 5.17. The fourth-order valence-corrected chi connectivity index (χ4v) is 2.91. The maximum Gasteiger partial charge on any atom is 0.457 e. The van der Waals surface area contributed by atoms with E-state index in [1.807, 2.05) is 30.3 Å². The van der Waals surface area contributed by atoms with E-state index in [4.69, 9.17) is 0 Å². The Morgan fingerprint density at radius 2 is 1.77 bits per heavy atom. The van der Waals surface area contributed by atoms with E-state index in [0.29, 0.717) is 0 Å². The standard InChI is InChI=1S/C17H20F3NO/c18-17(19,20)12-11-16(15-9-5-2-6-10-15)21(22)13-14-7-3-1-4-8-14/h1,3-4,7-8,15-16,22H,2,5-6,9-10,13H2. The van der Waals surface area contributed by atoms with Crippen LogP contribution in [0.15, 0.2) is 30.3 Å². The Bertz CT molecular complexity index is 512. The minimum absolute atomic E-state index is 0.0164. The number of hydrogen-bond donors (Lipinski definition) is 1. The van der Waals surface area contributed by atoms with Crippen LogP contribution in [0.5, 0.6) is 0 Å². The number of halogens is 3. The summed E-state index contributed by atoms with van der Waals surface area (Å²) >= 11 is 0. The van der Waals surface area contributed by atoms with E-state index in [2.05, 4.69) is 5.92 Å². The monoisotopic (exact) mass is 311 g/mol. The van der Waals surface area contributed by atoms with Crippen LogP contribution in [0.3, 0.4) is 0 Å². The Morgan fingerprint density at radius 3 is 2.36 bits per heavy atom. The number of rotatable bonds is 4. The number of hydroxylamine groups is 2. The van der Waals surface area contributed by atoms with Gasteiger partial charge in [-0.15, -0.1) is 0 Å². The zero-order valence-corrected chi connectivity index (χ0v) is 12.3. The summed E-state index contributed by atoms with van der Waals surface area (Å²) in [6.07, 6.45) is 0.148. The fraction of sp³-hybridized carbons (Fsp3) is 0.529. The molecule has 0 aromatic heterocycles. The number of alkyl halides is 3. The molecule has 2 nitrogen and oxygen atoms in total. The average molecular weight is 311 g/mol. The van der Waals surface area contributed by atoms with Crippen molar-refractivity contribution in [2.24, 2.45) is 5.92 Å². The van der Waals surface area contributed by atoms with Crippen LogP contribution in [0.4, 0.5) is 13.2 Å². The summed E-state index contributed by atoms with van der Waals surface area (Å²) < 4.78 is 37.2. The molecule has 1 aromatic rings. The van der Waals surface area contributed by atoms with E-state index in [0.717, 1.165) is 42.7 Å². The van der Waals surface area contributed by atoms with Gasteiger partial charge in [-0.05, 0) is 24.3 Å². The molecule has 5 heteroatoms. The molecule has 0 bridgehead atoms. The van der Waals surface area contributed by atoms with Crippen LogP contribution in [0.25, 0.3) is 0 Å². The van der Waals surface area contributed by atoms with Gasteiger partial charge in [-0.25, -0.2) is 0 Å². The topological polar surface area (TPSA) is 23.5 Å². The quantitative estimate of drug-likeness (QED) is 0.658. The highest BCUT2D eigenvalue weighted by Gasteiger charge is 2.29. The second kappa shape index (κ2) is 7.66. The highest BCUT2D eigenvalue weighted by atomic mass is 19.4. The SMILES string of the molecule is ON(Cc1ccccc1)C(C#CC(F)(F)F)C1CCCCC1. The third-order valence-electron chi connectivity index (χ3n) is 3.97. The van der Waals surface area contributed by atoms with E-state index in [-0.39, 0.29) is 12.5 Å². The van der Waals surface area contributed by atoms with Crippen LogP contribution in [0, 0.1) is 17.8 Å². The van der Waals surface area contributed by atoms with Crippen molar-refractivity contribution >= 4 is 0 Å². The van der Waals surface area contributed by atoms with Gasteiger partial charge in [0.1, 0.15) is 0 Å². The molecule has 2 rings (SSSR count). The molecule has 1 fully saturated rings. The molecule has 0 spiro atoms. The van der Waals surface area contributed by atoms with E-state index in [9.17, 15) is 18.4 Å². The minimum Gasteiger partial charge on any atom is -0.312 e. The van der Waals surface area contributed by atoms with Crippen molar-refractivity contribution in [2.75, 3.05) is 0 Å². The molecule has 0 radical (unpaired) electrons. The molecule has 0 amide bonds. The van der Waals surface area contributed by atoms with Crippen LogP contribution in [0.2, 0.25) is 0 Å². The molecule has 1 aromatic carbocycles. The minimum atomic E-state index is -4.53. The molecule has 1 N–H and O–H groups in total. The Hall–Kier alpha value is -1.51.